The summed E-state index contributed by atoms with van der Waals surface area (Å²) in [5.74, 6) is 1.25. The fourth-order valence-corrected chi connectivity index (χ4v) is 2.75. The number of hydrogen-bond donors (Lipinski definition) is 1. The third-order valence-corrected chi connectivity index (χ3v) is 4.23. The van der Waals surface area contributed by atoms with Gasteiger partial charge in [-0.15, -0.1) is 10.2 Å². The molecule has 0 saturated carbocycles. The molecule has 28 heavy (non-hydrogen) atoms. The molecule has 3 aromatic heterocycles. The molecule has 1 aromatic carbocycles. The van der Waals surface area contributed by atoms with Crippen molar-refractivity contribution in [1.29, 1.82) is 0 Å². The van der Waals surface area contributed by atoms with Gasteiger partial charge >= 0.3 is 0 Å². The van der Waals surface area contributed by atoms with Gasteiger partial charge in [-0.3, -0.25) is 9.20 Å². The molecule has 9 heteroatoms. The number of aryl methyl sites for hydroxylation is 1. The molecule has 0 aliphatic heterocycles. The molecule has 1 amide bonds. The van der Waals surface area contributed by atoms with E-state index in [1.165, 1.54) is 6.08 Å². The predicted molar refractivity (Wildman–Crippen MR) is 103 cm³/mol. The number of nitrogens with zero attached hydrogens (tertiary/aromatic N) is 5. The molecular formula is C19H15ClN6O2. The van der Waals surface area contributed by atoms with Crippen LogP contribution in [0.5, 0.6) is 0 Å². The summed E-state index contributed by atoms with van der Waals surface area (Å²) in [5.41, 5.74) is 2.13. The molecule has 0 atom stereocenters. The van der Waals surface area contributed by atoms with E-state index < -0.39 is 0 Å². The highest BCUT2D eigenvalue weighted by atomic mass is 35.5. The molecule has 140 valence electrons. The third-order valence-electron chi connectivity index (χ3n) is 3.98. The van der Waals surface area contributed by atoms with Crippen molar-refractivity contribution in [3.8, 4) is 11.5 Å². The molecule has 0 radical (unpaired) electrons. The number of nitrogens with one attached hydrogen (secondary N) is 1. The number of pyridine rings is 1. The van der Waals surface area contributed by atoms with Gasteiger partial charge in [0.25, 0.3) is 5.89 Å². The van der Waals surface area contributed by atoms with Crippen LogP contribution in [-0.4, -0.2) is 30.6 Å². The monoisotopic (exact) mass is 394 g/mol. The van der Waals surface area contributed by atoms with Gasteiger partial charge in [0.15, 0.2) is 17.3 Å². The average molecular weight is 395 g/mol. The van der Waals surface area contributed by atoms with Gasteiger partial charge in [0.1, 0.15) is 0 Å². The van der Waals surface area contributed by atoms with Crippen LogP contribution in [0.2, 0.25) is 5.02 Å². The van der Waals surface area contributed by atoms with E-state index in [2.05, 4.69) is 25.7 Å². The molecule has 8 nitrogen and oxygen atoms in total. The van der Waals surface area contributed by atoms with E-state index in [1.54, 1.807) is 29.5 Å². The van der Waals surface area contributed by atoms with Crippen LogP contribution in [0.3, 0.4) is 0 Å². The van der Waals surface area contributed by atoms with Gasteiger partial charge < -0.3 is 9.84 Å². The molecule has 0 aliphatic carbocycles. The lowest BCUT2D eigenvalue weighted by atomic mass is 10.2. The molecule has 1 N–H and O–H groups in total. The molecule has 0 bridgehead atoms. The number of fused-ring (bicyclic) bond motifs is 1. The van der Waals surface area contributed by atoms with Crippen LogP contribution in [0, 0.1) is 6.92 Å². The molecule has 0 spiro atoms. The topological polar surface area (TPSA) is 98.2 Å². The Morgan fingerprint density at radius 3 is 2.82 bits per heavy atom. The van der Waals surface area contributed by atoms with Gasteiger partial charge in [-0.1, -0.05) is 28.9 Å². The summed E-state index contributed by atoms with van der Waals surface area (Å²) >= 11 is 5.85. The van der Waals surface area contributed by atoms with Gasteiger partial charge in [0.2, 0.25) is 5.91 Å². The minimum absolute atomic E-state index is 0.220. The van der Waals surface area contributed by atoms with Crippen molar-refractivity contribution in [3.63, 3.8) is 0 Å². The predicted octanol–water partition coefficient (Wildman–Crippen LogP) is 3.07. The largest absolute Gasteiger partial charge is 0.345 e. The highest BCUT2D eigenvalue weighted by molar-refractivity contribution is 6.30. The molecule has 0 fully saturated rings. The molecule has 4 aromatic rings. The van der Waals surface area contributed by atoms with E-state index in [0.29, 0.717) is 33.8 Å². The maximum absolute atomic E-state index is 12.1. The highest BCUT2D eigenvalue weighted by Gasteiger charge is 2.15. The zero-order valence-electron chi connectivity index (χ0n) is 14.8. The Balaban J connectivity index is 1.48. The fraction of sp³-hybridized carbons (Fsp3) is 0.105. The number of aromatic nitrogens is 5. The Morgan fingerprint density at radius 2 is 2.07 bits per heavy atom. The van der Waals surface area contributed by atoms with Gasteiger partial charge in [0.05, 0.1) is 12.1 Å². The molecule has 3 heterocycles. The number of halogens is 1. The van der Waals surface area contributed by atoms with Crippen LogP contribution in [-0.2, 0) is 11.3 Å². The molecule has 4 rings (SSSR count). The van der Waals surface area contributed by atoms with Crippen LogP contribution in [0.25, 0.3) is 23.2 Å². The number of carbonyl (C=O) groups excluding carboxylic acids is 1. The lowest BCUT2D eigenvalue weighted by Gasteiger charge is -2.02. The van der Waals surface area contributed by atoms with E-state index in [1.807, 2.05) is 30.5 Å². The molecular weight excluding hydrogens is 380 g/mol. The van der Waals surface area contributed by atoms with E-state index in [4.69, 9.17) is 16.1 Å². The highest BCUT2D eigenvalue weighted by Crippen LogP contribution is 2.22. The van der Waals surface area contributed by atoms with E-state index in [9.17, 15) is 4.79 Å². The second kappa shape index (κ2) is 7.61. The van der Waals surface area contributed by atoms with Gasteiger partial charge in [-0.05, 0) is 42.8 Å². The minimum atomic E-state index is -0.240. The summed E-state index contributed by atoms with van der Waals surface area (Å²) in [4.78, 5) is 16.3. The number of amides is 1. The van der Waals surface area contributed by atoms with Crippen molar-refractivity contribution in [2.24, 2.45) is 0 Å². The summed E-state index contributed by atoms with van der Waals surface area (Å²) in [5, 5.41) is 15.6. The Bertz CT molecular complexity index is 1160. The van der Waals surface area contributed by atoms with E-state index in [-0.39, 0.29) is 12.5 Å². The lowest BCUT2D eigenvalue weighted by molar-refractivity contribution is -0.116. The van der Waals surface area contributed by atoms with Crippen LogP contribution in [0.15, 0.2) is 53.2 Å². The average Bonchev–Trinajstić information content (AvgIpc) is 3.32. The SMILES string of the molecule is Cc1noc(-c2cccn3c(CNC(=O)C=Cc4ccc(Cl)cc4)nnc23)n1. The summed E-state index contributed by atoms with van der Waals surface area (Å²) in [6.45, 7) is 1.97. The first-order valence-corrected chi connectivity index (χ1v) is 8.83. The minimum Gasteiger partial charge on any atom is -0.345 e. The van der Waals surface area contributed by atoms with Crippen molar-refractivity contribution in [2.75, 3.05) is 0 Å². The van der Waals surface area contributed by atoms with E-state index >= 15 is 0 Å². The Morgan fingerprint density at radius 1 is 1.25 bits per heavy atom. The summed E-state index contributed by atoms with van der Waals surface area (Å²) in [7, 11) is 0. The van der Waals surface area contributed by atoms with Crippen LogP contribution in [0.1, 0.15) is 17.2 Å². The van der Waals surface area contributed by atoms with Crippen molar-refractivity contribution in [3.05, 3.63) is 70.9 Å². The Labute approximate surface area is 164 Å². The van der Waals surface area contributed by atoms with Crippen molar-refractivity contribution < 1.29 is 9.32 Å². The summed E-state index contributed by atoms with van der Waals surface area (Å²) in [6.07, 6.45) is 4.98. The molecule has 0 aliphatic rings. The van der Waals surface area contributed by atoms with Crippen molar-refractivity contribution in [1.82, 2.24) is 30.1 Å². The third kappa shape index (κ3) is 3.77. The zero-order valence-corrected chi connectivity index (χ0v) is 15.6. The number of hydrogen-bond acceptors (Lipinski definition) is 6. The van der Waals surface area contributed by atoms with Gasteiger partial charge in [0, 0.05) is 17.3 Å². The first kappa shape index (κ1) is 17.9. The van der Waals surface area contributed by atoms with Gasteiger partial charge in [-0.25, -0.2) is 0 Å². The lowest BCUT2D eigenvalue weighted by Crippen LogP contribution is -2.21. The van der Waals surface area contributed by atoms with Gasteiger partial charge in [-0.2, -0.15) is 4.98 Å². The van der Waals surface area contributed by atoms with Crippen molar-refractivity contribution >= 4 is 29.2 Å². The van der Waals surface area contributed by atoms with Crippen LogP contribution >= 0.6 is 11.6 Å². The van der Waals surface area contributed by atoms with Crippen LogP contribution < -0.4 is 5.32 Å². The smallest absolute Gasteiger partial charge is 0.261 e. The van der Waals surface area contributed by atoms with Crippen LogP contribution in [0.4, 0.5) is 0 Å². The second-order valence-corrected chi connectivity index (χ2v) is 6.42. The fourth-order valence-electron chi connectivity index (χ4n) is 2.63. The normalized spacial score (nSPS) is 11.4. The number of rotatable bonds is 5. The summed E-state index contributed by atoms with van der Waals surface area (Å²) < 4.78 is 6.99. The maximum Gasteiger partial charge on any atom is 0.261 e. The standard InChI is InChI=1S/C19H15ClN6O2/c1-12-22-19(28-25-12)15-3-2-10-26-16(23-24-18(15)26)11-21-17(27)9-6-13-4-7-14(20)8-5-13/h2-10H,11H2,1H3,(H,21,27). The maximum atomic E-state index is 12.1. The number of benzene rings is 1. The molecule has 0 saturated heterocycles. The summed E-state index contributed by atoms with van der Waals surface area (Å²) in [6, 6.07) is 10.9. The Hall–Kier alpha value is -3.52. The first-order valence-electron chi connectivity index (χ1n) is 8.45. The van der Waals surface area contributed by atoms with E-state index in [0.717, 1.165) is 5.56 Å². The zero-order chi connectivity index (χ0) is 19.5. The Kier molecular flexibility index (Phi) is 4.86. The van der Waals surface area contributed by atoms with Crippen molar-refractivity contribution in [2.45, 2.75) is 13.5 Å². The quantitative estimate of drug-likeness (QED) is 0.522. The number of carbonyl (C=O) groups is 1. The second-order valence-electron chi connectivity index (χ2n) is 5.98. The first-order chi connectivity index (χ1) is 13.6. The molecule has 0 unspecified atom stereocenters.